The van der Waals surface area contributed by atoms with Crippen molar-refractivity contribution in [2.24, 2.45) is 5.92 Å². The molecule has 3 aromatic carbocycles. The van der Waals surface area contributed by atoms with Gasteiger partial charge in [0.15, 0.2) is 10.7 Å². The number of hydrogen-bond acceptors (Lipinski definition) is 8. The van der Waals surface area contributed by atoms with E-state index in [1.165, 1.54) is 18.6 Å². The zero-order valence-electron chi connectivity index (χ0n) is 26.2. The van der Waals surface area contributed by atoms with E-state index in [1.807, 2.05) is 32.2 Å². The number of hydrogen-bond donors (Lipinski definition) is 2. The fourth-order valence-corrected chi connectivity index (χ4v) is 7.07. The summed E-state index contributed by atoms with van der Waals surface area (Å²) in [6, 6.07) is 23.0. The first-order valence-corrected chi connectivity index (χ1v) is 16.5. The van der Waals surface area contributed by atoms with Crippen LogP contribution in [-0.4, -0.2) is 73.3 Å². The van der Waals surface area contributed by atoms with Crippen LogP contribution in [0, 0.1) is 19.8 Å². The summed E-state index contributed by atoms with van der Waals surface area (Å²) in [4.78, 5) is 17.6. The molecular weight excluding hydrogens is 592 g/mol. The minimum atomic E-state index is -4.03. The third-order valence-electron chi connectivity index (χ3n) is 8.16. The van der Waals surface area contributed by atoms with E-state index in [2.05, 4.69) is 51.2 Å². The Bertz CT molecular complexity index is 1720. The Balaban J connectivity index is 1.38. The van der Waals surface area contributed by atoms with Crippen molar-refractivity contribution < 1.29 is 27.6 Å². The van der Waals surface area contributed by atoms with E-state index in [1.54, 1.807) is 30.9 Å². The first kappa shape index (κ1) is 32.2. The number of amides is 1. The molecule has 2 N–H and O–H groups in total. The highest BCUT2D eigenvalue weighted by Crippen LogP contribution is 2.32. The number of ether oxygens (including phenoxy) is 1. The van der Waals surface area contributed by atoms with Gasteiger partial charge in [0.05, 0.1) is 18.2 Å². The van der Waals surface area contributed by atoms with Crippen molar-refractivity contribution in [3.8, 4) is 16.9 Å². The highest BCUT2D eigenvalue weighted by atomic mass is 32.2. The maximum absolute atomic E-state index is 13.8. The lowest BCUT2D eigenvalue weighted by Crippen LogP contribution is -2.49. The fourth-order valence-electron chi connectivity index (χ4n) is 5.69. The highest BCUT2D eigenvalue weighted by molar-refractivity contribution is 7.92. The number of nitrogens with zero attached hydrogens (tertiary/aromatic N) is 3. The van der Waals surface area contributed by atoms with Crippen LogP contribution < -0.4 is 9.46 Å². The van der Waals surface area contributed by atoms with E-state index in [9.17, 15) is 18.3 Å². The molecule has 0 radical (unpaired) electrons. The molecule has 2 heterocycles. The summed E-state index contributed by atoms with van der Waals surface area (Å²) in [5, 5.41) is 13.7. The minimum absolute atomic E-state index is 0.0426. The third kappa shape index (κ3) is 7.22. The molecular formula is C34H40N4O6S. The van der Waals surface area contributed by atoms with Gasteiger partial charge in [-0.15, -0.1) is 0 Å². The summed E-state index contributed by atoms with van der Waals surface area (Å²) >= 11 is 0. The number of sulfonamides is 1. The number of benzene rings is 3. The van der Waals surface area contributed by atoms with Gasteiger partial charge >= 0.3 is 0 Å². The van der Waals surface area contributed by atoms with Crippen LogP contribution in [0.4, 0.5) is 5.69 Å². The van der Waals surface area contributed by atoms with Crippen LogP contribution in [0.1, 0.15) is 41.2 Å². The lowest BCUT2D eigenvalue weighted by atomic mass is 9.99. The molecule has 11 heteroatoms. The number of aromatic nitrogens is 1. The third-order valence-corrected chi connectivity index (χ3v) is 9.78. The van der Waals surface area contributed by atoms with Crippen molar-refractivity contribution >= 4 is 21.6 Å². The molecule has 0 fully saturated rings. The quantitative estimate of drug-likeness (QED) is 0.247. The van der Waals surface area contributed by atoms with Crippen LogP contribution in [0.25, 0.3) is 11.1 Å². The van der Waals surface area contributed by atoms with Gasteiger partial charge in [0.1, 0.15) is 17.5 Å². The summed E-state index contributed by atoms with van der Waals surface area (Å²) in [5.41, 5.74) is 4.14. The first-order chi connectivity index (χ1) is 21.5. The molecule has 1 aliphatic rings. The highest BCUT2D eigenvalue weighted by Gasteiger charge is 2.34. The van der Waals surface area contributed by atoms with Crippen LogP contribution in [0.2, 0.25) is 0 Å². The lowest BCUT2D eigenvalue weighted by molar-refractivity contribution is 0.0341. The second-order valence-corrected chi connectivity index (χ2v) is 13.5. The molecule has 45 heavy (non-hydrogen) atoms. The molecule has 0 spiro atoms. The normalized spacial score (nSPS) is 17.8. The molecule has 0 bridgehead atoms. The molecule has 0 unspecified atom stereocenters. The molecule has 0 saturated heterocycles. The van der Waals surface area contributed by atoms with E-state index in [0.29, 0.717) is 25.4 Å². The molecule has 238 valence electrons. The van der Waals surface area contributed by atoms with Crippen LogP contribution in [-0.2, 0) is 16.6 Å². The largest absolute Gasteiger partial charge is 0.488 e. The second kappa shape index (κ2) is 13.4. The summed E-state index contributed by atoms with van der Waals surface area (Å²) in [5.74, 6) is 0.119. The summed E-state index contributed by atoms with van der Waals surface area (Å²) < 4.78 is 40.5. The number of nitrogens with one attached hydrogen (secondary N) is 1. The second-order valence-electron chi connectivity index (χ2n) is 11.9. The lowest BCUT2D eigenvalue weighted by Gasteiger charge is -2.38. The Morgan fingerprint density at radius 3 is 2.40 bits per heavy atom. The monoisotopic (exact) mass is 632 g/mol. The number of fused-ring (bicyclic) bond motifs is 1. The van der Waals surface area contributed by atoms with Gasteiger partial charge in [-0.25, -0.2) is 8.42 Å². The van der Waals surface area contributed by atoms with E-state index >= 15 is 0 Å². The summed E-state index contributed by atoms with van der Waals surface area (Å²) in [6.07, 6.45) is -0.288. The van der Waals surface area contributed by atoms with Gasteiger partial charge in [0, 0.05) is 31.2 Å². The van der Waals surface area contributed by atoms with Gasteiger partial charge in [-0.05, 0) is 62.7 Å². The Labute approximate surface area is 264 Å². The van der Waals surface area contributed by atoms with E-state index < -0.39 is 16.1 Å². The maximum Gasteiger partial charge on any atom is 0.267 e. The zero-order chi connectivity index (χ0) is 32.3. The van der Waals surface area contributed by atoms with Crippen LogP contribution in [0.15, 0.2) is 82.2 Å². The van der Waals surface area contributed by atoms with Gasteiger partial charge in [0.25, 0.3) is 15.9 Å². The number of aliphatic hydroxyl groups excluding tert-OH is 1. The molecule has 0 saturated carbocycles. The molecule has 3 atom stereocenters. The number of aliphatic hydroxyl groups is 1. The number of rotatable bonds is 10. The topological polar surface area (TPSA) is 125 Å². The van der Waals surface area contributed by atoms with Gasteiger partial charge < -0.3 is 19.3 Å². The molecule has 1 aromatic heterocycles. The van der Waals surface area contributed by atoms with Crippen LogP contribution in [0.5, 0.6) is 5.75 Å². The van der Waals surface area contributed by atoms with Gasteiger partial charge in [-0.1, -0.05) is 66.7 Å². The van der Waals surface area contributed by atoms with Gasteiger partial charge in [0.2, 0.25) is 0 Å². The molecule has 4 aromatic rings. The Morgan fingerprint density at radius 1 is 1.07 bits per heavy atom. The zero-order valence-corrected chi connectivity index (χ0v) is 27.0. The van der Waals surface area contributed by atoms with Crippen molar-refractivity contribution in [1.82, 2.24) is 15.0 Å². The van der Waals surface area contributed by atoms with Crippen molar-refractivity contribution in [2.45, 2.75) is 51.3 Å². The van der Waals surface area contributed by atoms with Crippen molar-refractivity contribution in [2.75, 3.05) is 31.5 Å². The number of aryl methyl sites for hydroxylation is 2. The molecule has 1 aliphatic heterocycles. The molecule has 1 amide bonds. The van der Waals surface area contributed by atoms with E-state index in [4.69, 9.17) is 9.26 Å². The standard InChI is InChI=1S/C34H40N4O6S/c1-22-18-38(23(2)21-39)34(40)30-17-29(36-45(41,42)33-24(3)35-44-25(33)4)15-16-31(30)43-32(22)20-37(5)19-26-11-13-28(14-12-26)27-9-7-6-8-10-27/h6-17,22-23,32,36,39H,18-21H2,1-5H3/t22-,23+,32-/m1/s1. The maximum atomic E-state index is 13.8. The average molecular weight is 633 g/mol. The predicted molar refractivity (Wildman–Crippen MR) is 173 cm³/mol. The predicted octanol–water partition coefficient (Wildman–Crippen LogP) is 5.11. The number of carbonyl (C=O) groups is 1. The SMILES string of the molecule is Cc1noc(C)c1S(=O)(=O)Nc1ccc2c(c1)C(=O)N([C@@H](C)CO)C[C@@H](C)[C@@H](CN(C)Cc1ccc(-c3ccccc3)cc1)O2. The van der Waals surface area contributed by atoms with Crippen molar-refractivity contribution in [3.63, 3.8) is 0 Å². The van der Waals surface area contributed by atoms with E-state index in [0.717, 1.165) is 11.1 Å². The number of carbonyl (C=O) groups excluding carboxylic acids is 1. The molecule has 0 aliphatic carbocycles. The molecule has 10 nitrogen and oxygen atoms in total. The minimum Gasteiger partial charge on any atom is -0.488 e. The summed E-state index contributed by atoms with van der Waals surface area (Å²) in [7, 11) is -1.99. The Morgan fingerprint density at radius 2 is 1.76 bits per heavy atom. The smallest absolute Gasteiger partial charge is 0.267 e. The van der Waals surface area contributed by atoms with Crippen molar-refractivity contribution in [1.29, 1.82) is 0 Å². The molecule has 5 rings (SSSR count). The Hall–Kier alpha value is -4.19. The number of anilines is 1. The summed E-state index contributed by atoms with van der Waals surface area (Å²) in [6.45, 7) is 8.33. The van der Waals surface area contributed by atoms with Crippen molar-refractivity contribution in [3.05, 3.63) is 95.4 Å². The Kier molecular flexibility index (Phi) is 9.62. The number of likely N-dealkylation sites (N-methyl/N-ethyl adjacent to an activating group) is 1. The average Bonchev–Trinajstić information content (AvgIpc) is 3.37. The van der Waals surface area contributed by atoms with Crippen LogP contribution >= 0.6 is 0 Å². The van der Waals surface area contributed by atoms with Gasteiger partial charge in [-0.2, -0.15) is 0 Å². The van der Waals surface area contributed by atoms with E-state index in [-0.39, 0.29) is 52.1 Å². The van der Waals surface area contributed by atoms with Crippen LogP contribution in [0.3, 0.4) is 0 Å². The fraction of sp³-hybridized carbons (Fsp3) is 0.353. The first-order valence-electron chi connectivity index (χ1n) is 15.0. The van der Waals surface area contributed by atoms with Gasteiger partial charge in [-0.3, -0.25) is 14.4 Å².